The fraction of sp³-hybridized carbons (Fsp3) is 0.625. The normalized spacial score (nSPS) is 11.8. The summed E-state index contributed by atoms with van der Waals surface area (Å²) in [5.41, 5.74) is 10.2. The zero-order valence-corrected chi connectivity index (χ0v) is 12.3. The van der Waals surface area contributed by atoms with E-state index in [0.717, 1.165) is 32.5 Å². The second-order valence-electron chi connectivity index (χ2n) is 6.04. The van der Waals surface area contributed by atoms with E-state index in [1.54, 1.807) is 0 Å². The van der Waals surface area contributed by atoms with E-state index in [0.29, 0.717) is 0 Å². The second-order valence-corrected chi connectivity index (χ2v) is 6.04. The van der Waals surface area contributed by atoms with Gasteiger partial charge in [0.1, 0.15) is 0 Å². The molecule has 2 nitrogen and oxygen atoms in total. The molecule has 0 aromatic heterocycles. The van der Waals surface area contributed by atoms with E-state index in [1.807, 2.05) is 0 Å². The minimum Gasteiger partial charge on any atom is -0.330 e. The van der Waals surface area contributed by atoms with Gasteiger partial charge in [0.05, 0.1) is 0 Å². The number of hydrogen-bond donors (Lipinski definition) is 2. The topological polar surface area (TPSA) is 38.0 Å². The summed E-state index contributed by atoms with van der Waals surface area (Å²) >= 11 is 0. The molecule has 0 aliphatic rings. The summed E-state index contributed by atoms with van der Waals surface area (Å²) in [7, 11) is 0. The van der Waals surface area contributed by atoms with Crippen molar-refractivity contribution in [3.8, 4) is 0 Å². The number of rotatable bonds is 7. The zero-order chi connectivity index (χ0) is 13.6. The molecule has 0 saturated heterocycles. The highest BCUT2D eigenvalue weighted by atomic mass is 14.8. The lowest BCUT2D eigenvalue weighted by molar-refractivity contribution is 0.340. The van der Waals surface area contributed by atoms with Crippen molar-refractivity contribution in [1.82, 2.24) is 5.32 Å². The van der Waals surface area contributed by atoms with Crippen LogP contribution in [0.1, 0.15) is 37.0 Å². The van der Waals surface area contributed by atoms with Gasteiger partial charge in [0, 0.05) is 0 Å². The van der Waals surface area contributed by atoms with Gasteiger partial charge in [0.25, 0.3) is 0 Å². The molecule has 2 heteroatoms. The number of hydrogen-bond acceptors (Lipinski definition) is 2. The Morgan fingerprint density at radius 3 is 2.44 bits per heavy atom. The molecule has 1 aromatic rings. The Balaban J connectivity index is 2.24. The summed E-state index contributed by atoms with van der Waals surface area (Å²) in [5.74, 6) is 0. The minimum absolute atomic E-state index is 0.257. The monoisotopic (exact) mass is 248 g/mol. The standard InChI is InChI=1S/C16H28N2/c1-13-5-6-15(11-14(13)2)7-9-18-10-8-16(3,4)12-17/h5-6,11,18H,7-10,12,17H2,1-4H3. The molecule has 0 aliphatic carbocycles. The average Bonchev–Trinajstić information content (AvgIpc) is 2.33. The summed E-state index contributed by atoms with van der Waals surface area (Å²) in [6, 6.07) is 6.73. The summed E-state index contributed by atoms with van der Waals surface area (Å²) in [6.45, 7) is 11.6. The van der Waals surface area contributed by atoms with Crippen molar-refractivity contribution in [3.63, 3.8) is 0 Å². The zero-order valence-electron chi connectivity index (χ0n) is 12.3. The SMILES string of the molecule is Cc1ccc(CCNCCC(C)(C)CN)cc1C. The molecule has 0 atom stereocenters. The average molecular weight is 248 g/mol. The Kier molecular flexibility index (Phi) is 5.83. The number of benzene rings is 1. The molecule has 18 heavy (non-hydrogen) atoms. The molecule has 0 unspecified atom stereocenters. The first kappa shape index (κ1) is 15.2. The van der Waals surface area contributed by atoms with Crippen molar-refractivity contribution < 1.29 is 0 Å². The molecule has 102 valence electrons. The Bertz CT molecular complexity index is 369. The Morgan fingerprint density at radius 1 is 1.11 bits per heavy atom. The van der Waals surface area contributed by atoms with E-state index in [2.05, 4.69) is 51.2 Å². The summed E-state index contributed by atoms with van der Waals surface area (Å²) in [6.07, 6.45) is 2.24. The van der Waals surface area contributed by atoms with Gasteiger partial charge < -0.3 is 11.1 Å². The van der Waals surface area contributed by atoms with Gasteiger partial charge in [-0.3, -0.25) is 0 Å². The molecule has 1 aromatic carbocycles. The molecule has 0 saturated carbocycles. The van der Waals surface area contributed by atoms with Crippen LogP contribution in [0.3, 0.4) is 0 Å². The van der Waals surface area contributed by atoms with Crippen LogP contribution in [0.4, 0.5) is 0 Å². The largest absolute Gasteiger partial charge is 0.330 e. The lowest BCUT2D eigenvalue weighted by Gasteiger charge is -2.22. The molecule has 1 rings (SSSR count). The van der Waals surface area contributed by atoms with Gasteiger partial charge in [-0.1, -0.05) is 32.0 Å². The lowest BCUT2D eigenvalue weighted by atomic mass is 9.90. The molecule has 0 spiro atoms. The highest BCUT2D eigenvalue weighted by molar-refractivity contribution is 5.29. The first-order valence-corrected chi connectivity index (χ1v) is 6.91. The van der Waals surface area contributed by atoms with Gasteiger partial charge in [-0.15, -0.1) is 0 Å². The van der Waals surface area contributed by atoms with E-state index in [9.17, 15) is 0 Å². The molecule has 3 N–H and O–H groups in total. The lowest BCUT2D eigenvalue weighted by Crippen LogP contribution is -2.29. The second kappa shape index (κ2) is 6.91. The predicted octanol–water partition coefficient (Wildman–Crippen LogP) is 2.81. The molecule has 0 aliphatic heterocycles. The summed E-state index contributed by atoms with van der Waals surface area (Å²) in [5, 5.41) is 3.50. The number of nitrogens with two attached hydrogens (primary N) is 1. The van der Waals surface area contributed by atoms with Crippen LogP contribution in [0.25, 0.3) is 0 Å². The van der Waals surface area contributed by atoms with Crippen molar-refractivity contribution in [2.45, 2.75) is 40.5 Å². The third-order valence-electron chi connectivity index (χ3n) is 3.69. The van der Waals surface area contributed by atoms with Crippen molar-refractivity contribution in [1.29, 1.82) is 0 Å². The summed E-state index contributed by atoms with van der Waals surface area (Å²) in [4.78, 5) is 0. The van der Waals surface area contributed by atoms with Crippen LogP contribution in [-0.2, 0) is 6.42 Å². The maximum absolute atomic E-state index is 5.72. The van der Waals surface area contributed by atoms with Crippen LogP contribution in [0.15, 0.2) is 18.2 Å². The van der Waals surface area contributed by atoms with Crippen molar-refractivity contribution in [2.24, 2.45) is 11.1 Å². The first-order valence-electron chi connectivity index (χ1n) is 6.91. The number of aryl methyl sites for hydroxylation is 2. The third kappa shape index (κ3) is 5.19. The smallest absolute Gasteiger partial charge is 0.000835 e. The molecule has 0 fully saturated rings. The van der Waals surface area contributed by atoms with E-state index in [4.69, 9.17) is 5.73 Å². The Labute approximate surface area is 112 Å². The molecular formula is C16H28N2. The van der Waals surface area contributed by atoms with Gasteiger partial charge in [-0.25, -0.2) is 0 Å². The van der Waals surface area contributed by atoms with Crippen LogP contribution in [0.5, 0.6) is 0 Å². The quantitative estimate of drug-likeness (QED) is 0.728. The highest BCUT2D eigenvalue weighted by Gasteiger charge is 2.13. The molecule has 0 bridgehead atoms. The fourth-order valence-corrected chi connectivity index (χ4v) is 1.85. The Morgan fingerprint density at radius 2 is 1.83 bits per heavy atom. The van der Waals surface area contributed by atoms with Crippen molar-refractivity contribution >= 4 is 0 Å². The van der Waals surface area contributed by atoms with Crippen molar-refractivity contribution in [3.05, 3.63) is 34.9 Å². The van der Waals surface area contributed by atoms with Gasteiger partial charge >= 0.3 is 0 Å². The van der Waals surface area contributed by atoms with Gasteiger partial charge in [-0.2, -0.15) is 0 Å². The van der Waals surface area contributed by atoms with E-state index in [1.165, 1.54) is 16.7 Å². The van der Waals surface area contributed by atoms with Crippen LogP contribution in [0.2, 0.25) is 0 Å². The summed E-state index contributed by atoms with van der Waals surface area (Å²) < 4.78 is 0. The van der Waals surface area contributed by atoms with E-state index < -0.39 is 0 Å². The molecule has 0 amide bonds. The fourth-order valence-electron chi connectivity index (χ4n) is 1.85. The van der Waals surface area contributed by atoms with Crippen molar-refractivity contribution in [2.75, 3.05) is 19.6 Å². The van der Waals surface area contributed by atoms with Crippen LogP contribution < -0.4 is 11.1 Å². The van der Waals surface area contributed by atoms with Crippen LogP contribution >= 0.6 is 0 Å². The number of nitrogens with one attached hydrogen (secondary N) is 1. The van der Waals surface area contributed by atoms with E-state index in [-0.39, 0.29) is 5.41 Å². The van der Waals surface area contributed by atoms with Crippen LogP contribution in [-0.4, -0.2) is 19.6 Å². The third-order valence-corrected chi connectivity index (χ3v) is 3.69. The van der Waals surface area contributed by atoms with E-state index >= 15 is 0 Å². The maximum Gasteiger partial charge on any atom is -0.000835 e. The van der Waals surface area contributed by atoms with Gasteiger partial charge in [0.2, 0.25) is 0 Å². The Hall–Kier alpha value is -0.860. The molecule has 0 radical (unpaired) electrons. The minimum atomic E-state index is 0.257. The van der Waals surface area contributed by atoms with Gasteiger partial charge in [0.15, 0.2) is 0 Å². The predicted molar refractivity (Wildman–Crippen MR) is 79.9 cm³/mol. The van der Waals surface area contributed by atoms with Gasteiger partial charge in [-0.05, 0) is 68.4 Å². The first-order chi connectivity index (χ1) is 8.44. The molecule has 0 heterocycles. The maximum atomic E-state index is 5.72. The van der Waals surface area contributed by atoms with Crippen LogP contribution in [0, 0.1) is 19.3 Å². The highest BCUT2D eigenvalue weighted by Crippen LogP contribution is 2.16. The molecular weight excluding hydrogens is 220 g/mol.